The molecular weight excluding hydrogens is 430 g/mol. The first-order valence-corrected chi connectivity index (χ1v) is 11.4. The van der Waals surface area contributed by atoms with Crippen LogP contribution in [-0.2, 0) is 11.2 Å². The molecule has 4 heteroatoms. The number of rotatable bonds is 7. The molecule has 1 atom stereocenters. The lowest BCUT2D eigenvalue weighted by Crippen LogP contribution is -2.06. The van der Waals surface area contributed by atoms with Gasteiger partial charge in [-0.3, -0.25) is 0 Å². The molecule has 1 aromatic heterocycles. The van der Waals surface area contributed by atoms with E-state index < -0.39 is 0 Å². The molecule has 0 aliphatic carbocycles. The van der Waals surface area contributed by atoms with E-state index in [9.17, 15) is 4.79 Å². The van der Waals surface area contributed by atoms with Gasteiger partial charge in [0.2, 0.25) is 0 Å². The second kappa shape index (κ2) is 10.5. The number of halogens is 1. The van der Waals surface area contributed by atoms with Crippen LogP contribution in [0.4, 0.5) is 0 Å². The number of benzene rings is 3. The van der Waals surface area contributed by atoms with E-state index in [-0.39, 0.29) is 5.97 Å². The fourth-order valence-corrected chi connectivity index (χ4v) is 4.10. The summed E-state index contributed by atoms with van der Waals surface area (Å²) in [5, 5.41) is 1.76. The maximum Gasteiger partial charge on any atom is 0.338 e. The maximum atomic E-state index is 12.0. The van der Waals surface area contributed by atoms with E-state index in [0.29, 0.717) is 16.5 Å². The van der Waals surface area contributed by atoms with Crippen molar-refractivity contribution in [3.05, 3.63) is 112 Å². The van der Waals surface area contributed by atoms with E-state index in [1.165, 1.54) is 12.7 Å². The molecule has 166 valence electrons. The molecule has 1 heterocycles. The quantitative estimate of drug-likeness (QED) is 0.269. The first-order chi connectivity index (χ1) is 16.0. The van der Waals surface area contributed by atoms with Crippen molar-refractivity contribution in [2.24, 2.45) is 0 Å². The largest absolute Gasteiger partial charge is 0.465 e. The molecule has 0 spiro atoms. The Labute approximate surface area is 199 Å². The van der Waals surface area contributed by atoms with Crippen LogP contribution in [0.5, 0.6) is 0 Å². The minimum Gasteiger partial charge on any atom is -0.465 e. The molecule has 4 aromatic rings. The second-order valence-electron chi connectivity index (χ2n) is 8.17. The van der Waals surface area contributed by atoms with Crippen molar-refractivity contribution in [3.8, 4) is 0 Å². The smallest absolute Gasteiger partial charge is 0.338 e. The highest BCUT2D eigenvalue weighted by atomic mass is 35.5. The summed E-state index contributed by atoms with van der Waals surface area (Å²) in [6, 6.07) is 26.0. The highest BCUT2D eigenvalue weighted by molar-refractivity contribution is 6.31. The fourth-order valence-electron chi connectivity index (χ4n) is 3.94. The molecule has 3 nitrogen and oxygen atoms in total. The highest BCUT2D eigenvalue weighted by Gasteiger charge is 2.13. The predicted molar refractivity (Wildman–Crippen MR) is 137 cm³/mol. The minimum atomic E-state index is -0.282. The van der Waals surface area contributed by atoms with Gasteiger partial charge in [0, 0.05) is 10.4 Å². The molecule has 0 fully saturated rings. The molecule has 0 radical (unpaired) electrons. The Kier molecular flexibility index (Phi) is 7.21. The Hall–Kier alpha value is -3.43. The Balaban J connectivity index is 1.46. The van der Waals surface area contributed by atoms with Crippen molar-refractivity contribution >= 4 is 40.6 Å². The van der Waals surface area contributed by atoms with E-state index in [1.54, 1.807) is 0 Å². The van der Waals surface area contributed by atoms with Gasteiger partial charge in [0.25, 0.3) is 0 Å². The third kappa shape index (κ3) is 5.68. The molecule has 0 saturated carbocycles. The molecule has 0 N–H and O–H groups in total. The third-order valence-corrected chi connectivity index (χ3v) is 6.11. The Bertz CT molecular complexity index is 1310. The Morgan fingerprint density at radius 3 is 2.67 bits per heavy atom. The van der Waals surface area contributed by atoms with Gasteiger partial charge in [-0.25, -0.2) is 9.78 Å². The summed E-state index contributed by atoms with van der Waals surface area (Å²) >= 11 is 6.11. The average molecular weight is 456 g/mol. The first-order valence-electron chi connectivity index (χ1n) is 11.0. The number of aromatic nitrogens is 1. The van der Waals surface area contributed by atoms with Crippen LogP contribution in [0.2, 0.25) is 5.02 Å². The third-order valence-electron chi connectivity index (χ3n) is 5.87. The van der Waals surface area contributed by atoms with Gasteiger partial charge in [-0.2, -0.15) is 0 Å². The van der Waals surface area contributed by atoms with Crippen molar-refractivity contribution in [2.75, 3.05) is 7.11 Å². The summed E-state index contributed by atoms with van der Waals surface area (Å²) < 4.78 is 4.92. The van der Waals surface area contributed by atoms with Gasteiger partial charge in [0.05, 0.1) is 23.9 Å². The van der Waals surface area contributed by atoms with Crippen LogP contribution in [0.15, 0.2) is 78.9 Å². The number of aryl methyl sites for hydroxylation is 1. The van der Waals surface area contributed by atoms with Crippen LogP contribution in [0.3, 0.4) is 0 Å². The van der Waals surface area contributed by atoms with Crippen LogP contribution >= 0.6 is 11.6 Å². The molecular formula is C29H26ClNO2. The summed E-state index contributed by atoms with van der Waals surface area (Å²) in [5.41, 5.74) is 5.85. The van der Waals surface area contributed by atoms with Crippen molar-refractivity contribution in [1.29, 1.82) is 0 Å². The zero-order chi connectivity index (χ0) is 23.2. The van der Waals surface area contributed by atoms with E-state index >= 15 is 0 Å². The maximum absolute atomic E-state index is 12.0. The van der Waals surface area contributed by atoms with Gasteiger partial charge in [-0.1, -0.05) is 79.2 Å². The molecule has 0 aliphatic rings. The van der Waals surface area contributed by atoms with E-state index in [1.807, 2.05) is 54.6 Å². The number of fused-ring (bicyclic) bond motifs is 1. The van der Waals surface area contributed by atoms with Gasteiger partial charge < -0.3 is 4.74 Å². The topological polar surface area (TPSA) is 39.2 Å². The first kappa shape index (κ1) is 22.8. The number of pyridine rings is 1. The zero-order valence-electron chi connectivity index (χ0n) is 18.8. The minimum absolute atomic E-state index is 0.282. The van der Waals surface area contributed by atoms with Crippen LogP contribution < -0.4 is 0 Å². The lowest BCUT2D eigenvalue weighted by Gasteiger charge is -2.14. The number of nitrogens with zero attached hydrogens (tertiary/aromatic N) is 1. The van der Waals surface area contributed by atoms with Crippen molar-refractivity contribution in [1.82, 2.24) is 4.98 Å². The molecule has 0 unspecified atom stereocenters. The van der Waals surface area contributed by atoms with Gasteiger partial charge >= 0.3 is 5.97 Å². The number of esters is 1. The van der Waals surface area contributed by atoms with Crippen LogP contribution in [-0.4, -0.2) is 18.1 Å². The summed E-state index contributed by atoms with van der Waals surface area (Å²) in [7, 11) is 1.42. The molecule has 4 rings (SSSR count). The van der Waals surface area contributed by atoms with Crippen molar-refractivity contribution in [3.63, 3.8) is 0 Å². The summed E-state index contributed by atoms with van der Waals surface area (Å²) in [4.78, 5) is 16.7. The van der Waals surface area contributed by atoms with Crippen molar-refractivity contribution < 1.29 is 9.53 Å². The number of methoxy groups -OCH3 is 1. The van der Waals surface area contributed by atoms with E-state index in [2.05, 4.69) is 43.3 Å². The Morgan fingerprint density at radius 1 is 1.00 bits per heavy atom. The lowest BCUT2D eigenvalue weighted by molar-refractivity contribution is 0.0599. The molecule has 0 bridgehead atoms. The van der Waals surface area contributed by atoms with E-state index in [0.717, 1.165) is 40.6 Å². The van der Waals surface area contributed by atoms with E-state index in [4.69, 9.17) is 21.3 Å². The summed E-state index contributed by atoms with van der Waals surface area (Å²) in [5.74, 6) is 0.0694. The van der Waals surface area contributed by atoms with Crippen LogP contribution in [0, 0.1) is 0 Å². The van der Waals surface area contributed by atoms with Gasteiger partial charge in [-0.05, 0) is 65.8 Å². The van der Waals surface area contributed by atoms with Gasteiger partial charge in [-0.15, -0.1) is 0 Å². The number of carbonyl (C=O) groups is 1. The number of ether oxygens (including phenoxy) is 1. The molecule has 0 saturated heterocycles. The number of carbonyl (C=O) groups excluding carboxylic acids is 1. The lowest BCUT2D eigenvalue weighted by atomic mass is 9.91. The van der Waals surface area contributed by atoms with Crippen LogP contribution in [0.1, 0.15) is 52.0 Å². The molecule has 0 aliphatic heterocycles. The van der Waals surface area contributed by atoms with Gasteiger partial charge in [0.1, 0.15) is 0 Å². The monoisotopic (exact) mass is 455 g/mol. The summed E-state index contributed by atoms with van der Waals surface area (Å²) in [6.07, 6.45) is 5.86. The Morgan fingerprint density at radius 2 is 1.82 bits per heavy atom. The molecule has 33 heavy (non-hydrogen) atoms. The number of hydrogen-bond donors (Lipinski definition) is 0. The normalized spacial score (nSPS) is 12.2. The average Bonchev–Trinajstić information content (AvgIpc) is 2.85. The molecule has 3 aromatic carbocycles. The second-order valence-corrected chi connectivity index (χ2v) is 8.60. The number of hydrogen-bond acceptors (Lipinski definition) is 3. The zero-order valence-corrected chi connectivity index (χ0v) is 19.5. The van der Waals surface area contributed by atoms with Crippen molar-refractivity contribution in [2.45, 2.75) is 25.7 Å². The highest BCUT2D eigenvalue weighted by Crippen LogP contribution is 2.25. The molecule has 0 amide bonds. The fraction of sp³-hybridized carbons (Fsp3) is 0.172. The standard InChI is InChI=1S/C29H26ClNO2/c1-20(10-12-22-7-3-4-9-27(22)29(32)33-2)24-8-5-6-21(18-24)11-16-26-17-14-23-13-15-25(30)19-28(23)31-26/h3-9,11,13-20H,10,12H2,1-2H3/b16-11+/t20-/m0/s1. The van der Waals surface area contributed by atoms with Gasteiger partial charge in [0.15, 0.2) is 0 Å². The predicted octanol–water partition coefficient (Wildman–Crippen LogP) is 7.58. The van der Waals surface area contributed by atoms with Crippen LogP contribution in [0.25, 0.3) is 23.1 Å². The SMILES string of the molecule is COC(=O)c1ccccc1CC[C@H](C)c1cccc(/C=C/c2ccc3ccc(Cl)cc3n2)c1. The summed E-state index contributed by atoms with van der Waals surface area (Å²) in [6.45, 7) is 2.22.